The lowest BCUT2D eigenvalue weighted by Crippen LogP contribution is -2.24. The molecule has 2 aromatic rings. The Morgan fingerprint density at radius 2 is 1.76 bits per heavy atom. The van der Waals surface area contributed by atoms with Gasteiger partial charge in [0.25, 0.3) is 0 Å². The van der Waals surface area contributed by atoms with Crippen LogP contribution in [0.25, 0.3) is 0 Å². The molecule has 1 atom stereocenters. The Bertz CT molecular complexity index is 583. The molecule has 0 aliphatic heterocycles. The van der Waals surface area contributed by atoms with Crippen LogP contribution in [0.2, 0.25) is 0 Å². The molecule has 1 unspecified atom stereocenters. The molecule has 0 heterocycles. The molecule has 0 saturated carbocycles. The highest BCUT2D eigenvalue weighted by atomic mass is 19.1. The summed E-state index contributed by atoms with van der Waals surface area (Å²) < 4.78 is 13.7. The molecule has 0 saturated heterocycles. The van der Waals surface area contributed by atoms with Gasteiger partial charge in [-0.1, -0.05) is 42.5 Å². The van der Waals surface area contributed by atoms with E-state index in [9.17, 15) is 4.39 Å². The van der Waals surface area contributed by atoms with E-state index in [2.05, 4.69) is 37.1 Å². The molecule has 2 nitrogen and oxygen atoms in total. The highest BCUT2D eigenvalue weighted by Gasteiger charge is 2.12. The molecule has 2 rings (SSSR count). The van der Waals surface area contributed by atoms with Gasteiger partial charge in [-0.05, 0) is 44.1 Å². The molecule has 21 heavy (non-hydrogen) atoms. The van der Waals surface area contributed by atoms with Gasteiger partial charge in [0.15, 0.2) is 0 Å². The lowest BCUT2D eigenvalue weighted by atomic mass is 10.0. The van der Waals surface area contributed by atoms with E-state index >= 15 is 0 Å². The highest BCUT2D eigenvalue weighted by molar-refractivity contribution is 5.25. The van der Waals surface area contributed by atoms with Crippen molar-refractivity contribution in [3.8, 4) is 0 Å². The van der Waals surface area contributed by atoms with E-state index in [0.717, 1.165) is 19.5 Å². The van der Waals surface area contributed by atoms with Crippen LogP contribution in [0.4, 0.5) is 4.39 Å². The fourth-order valence-corrected chi connectivity index (χ4v) is 2.45. The molecule has 2 N–H and O–H groups in total. The summed E-state index contributed by atoms with van der Waals surface area (Å²) in [4.78, 5) is 2.23. The molecule has 0 aliphatic carbocycles. The van der Waals surface area contributed by atoms with Crippen LogP contribution in [0, 0.1) is 12.7 Å². The van der Waals surface area contributed by atoms with Crippen LogP contribution in [0.5, 0.6) is 0 Å². The van der Waals surface area contributed by atoms with E-state index in [0.29, 0.717) is 5.56 Å². The van der Waals surface area contributed by atoms with Crippen molar-refractivity contribution in [3.05, 3.63) is 71.0 Å². The van der Waals surface area contributed by atoms with Crippen molar-refractivity contribution in [3.63, 3.8) is 0 Å². The summed E-state index contributed by atoms with van der Waals surface area (Å²) in [7, 11) is 2.07. The molecule has 0 aromatic heterocycles. The second kappa shape index (κ2) is 7.34. The van der Waals surface area contributed by atoms with Crippen molar-refractivity contribution in [2.24, 2.45) is 5.73 Å². The summed E-state index contributed by atoms with van der Waals surface area (Å²) >= 11 is 0. The van der Waals surface area contributed by atoms with E-state index in [1.54, 1.807) is 12.1 Å². The number of benzene rings is 2. The smallest absolute Gasteiger partial charge is 0.127 e. The molecule has 2 aromatic carbocycles. The van der Waals surface area contributed by atoms with E-state index in [-0.39, 0.29) is 11.9 Å². The maximum atomic E-state index is 13.7. The van der Waals surface area contributed by atoms with Gasteiger partial charge in [0, 0.05) is 18.2 Å². The summed E-state index contributed by atoms with van der Waals surface area (Å²) in [6.07, 6.45) is 0.739. The zero-order chi connectivity index (χ0) is 15.2. The van der Waals surface area contributed by atoms with Crippen LogP contribution < -0.4 is 5.73 Å². The third kappa shape index (κ3) is 4.38. The van der Waals surface area contributed by atoms with E-state index in [1.807, 2.05) is 12.1 Å². The minimum atomic E-state index is -0.259. The van der Waals surface area contributed by atoms with Crippen LogP contribution in [-0.2, 0) is 6.54 Å². The van der Waals surface area contributed by atoms with Crippen LogP contribution in [-0.4, -0.2) is 18.5 Å². The Labute approximate surface area is 126 Å². The quantitative estimate of drug-likeness (QED) is 0.878. The summed E-state index contributed by atoms with van der Waals surface area (Å²) in [5, 5.41) is 0. The Morgan fingerprint density at radius 1 is 1.10 bits per heavy atom. The van der Waals surface area contributed by atoms with Crippen LogP contribution in [0.3, 0.4) is 0 Å². The fraction of sp³-hybridized carbons (Fsp3) is 0.333. The SMILES string of the molecule is Cc1ccccc1CN(C)CCC(N)c1ccccc1F. The van der Waals surface area contributed by atoms with Gasteiger partial charge in [0.1, 0.15) is 5.82 Å². The first-order valence-corrected chi connectivity index (χ1v) is 7.31. The van der Waals surface area contributed by atoms with Crippen molar-refractivity contribution in [2.45, 2.75) is 25.9 Å². The van der Waals surface area contributed by atoms with Gasteiger partial charge in [-0.2, -0.15) is 0 Å². The molecule has 112 valence electrons. The summed E-state index contributed by atoms with van der Waals surface area (Å²) in [6.45, 7) is 3.84. The van der Waals surface area contributed by atoms with Crippen LogP contribution >= 0.6 is 0 Å². The van der Waals surface area contributed by atoms with E-state index in [1.165, 1.54) is 17.2 Å². The van der Waals surface area contributed by atoms with Crippen molar-refractivity contribution < 1.29 is 4.39 Å². The summed E-state index contributed by atoms with van der Waals surface area (Å²) in [5.74, 6) is -0.216. The van der Waals surface area contributed by atoms with Crippen LogP contribution in [0.15, 0.2) is 48.5 Å². The van der Waals surface area contributed by atoms with Gasteiger partial charge >= 0.3 is 0 Å². The van der Waals surface area contributed by atoms with E-state index < -0.39 is 0 Å². The van der Waals surface area contributed by atoms with Gasteiger partial charge in [0.05, 0.1) is 0 Å². The predicted octanol–water partition coefficient (Wildman–Crippen LogP) is 3.66. The van der Waals surface area contributed by atoms with Gasteiger partial charge in [-0.25, -0.2) is 4.39 Å². The Hall–Kier alpha value is -1.71. The average Bonchev–Trinajstić information content (AvgIpc) is 2.48. The van der Waals surface area contributed by atoms with Crippen molar-refractivity contribution in [1.82, 2.24) is 4.90 Å². The fourth-order valence-electron chi connectivity index (χ4n) is 2.45. The molecule has 0 amide bonds. The first-order valence-electron chi connectivity index (χ1n) is 7.31. The van der Waals surface area contributed by atoms with Crippen molar-refractivity contribution in [2.75, 3.05) is 13.6 Å². The molecular weight excluding hydrogens is 263 g/mol. The lowest BCUT2D eigenvalue weighted by molar-refractivity contribution is 0.309. The predicted molar refractivity (Wildman–Crippen MR) is 85.5 cm³/mol. The van der Waals surface area contributed by atoms with Crippen molar-refractivity contribution in [1.29, 1.82) is 0 Å². The highest BCUT2D eigenvalue weighted by Crippen LogP contribution is 2.18. The summed E-state index contributed by atoms with van der Waals surface area (Å²) in [6, 6.07) is 14.9. The maximum absolute atomic E-state index is 13.7. The second-order valence-corrected chi connectivity index (χ2v) is 5.58. The van der Waals surface area contributed by atoms with Gasteiger partial charge in [-0.3, -0.25) is 0 Å². The largest absolute Gasteiger partial charge is 0.324 e. The number of hydrogen-bond acceptors (Lipinski definition) is 2. The number of hydrogen-bond donors (Lipinski definition) is 1. The second-order valence-electron chi connectivity index (χ2n) is 5.58. The molecule has 0 aliphatic rings. The van der Waals surface area contributed by atoms with Gasteiger partial charge in [0.2, 0.25) is 0 Å². The van der Waals surface area contributed by atoms with Crippen LogP contribution in [0.1, 0.15) is 29.2 Å². The zero-order valence-electron chi connectivity index (χ0n) is 12.7. The van der Waals surface area contributed by atoms with Crippen molar-refractivity contribution >= 4 is 0 Å². The first kappa shape index (κ1) is 15.7. The molecular formula is C18H23FN2. The molecule has 0 fully saturated rings. The standard InChI is InChI=1S/C18H23FN2/c1-14-7-3-4-8-15(14)13-21(2)12-11-18(20)16-9-5-6-10-17(16)19/h3-10,18H,11-13,20H2,1-2H3. The molecule has 0 bridgehead atoms. The summed E-state index contributed by atoms with van der Waals surface area (Å²) in [5.41, 5.74) is 9.31. The van der Waals surface area contributed by atoms with Gasteiger partial charge in [-0.15, -0.1) is 0 Å². The Morgan fingerprint density at radius 3 is 2.48 bits per heavy atom. The molecule has 0 spiro atoms. The third-order valence-corrected chi connectivity index (χ3v) is 3.83. The number of nitrogens with two attached hydrogens (primary N) is 1. The normalized spacial score (nSPS) is 12.6. The monoisotopic (exact) mass is 286 g/mol. The van der Waals surface area contributed by atoms with Gasteiger partial charge < -0.3 is 10.6 Å². The number of nitrogens with zero attached hydrogens (tertiary/aromatic N) is 1. The number of halogens is 1. The number of aryl methyl sites for hydroxylation is 1. The lowest BCUT2D eigenvalue weighted by Gasteiger charge is -2.20. The Kier molecular flexibility index (Phi) is 5.48. The maximum Gasteiger partial charge on any atom is 0.127 e. The molecule has 0 radical (unpaired) electrons. The average molecular weight is 286 g/mol. The topological polar surface area (TPSA) is 29.3 Å². The minimum absolute atomic E-state index is 0.216. The zero-order valence-corrected chi connectivity index (χ0v) is 12.7. The number of rotatable bonds is 6. The third-order valence-electron chi connectivity index (χ3n) is 3.83. The van der Waals surface area contributed by atoms with E-state index in [4.69, 9.17) is 5.73 Å². The first-order chi connectivity index (χ1) is 10.1. The molecule has 3 heteroatoms. The minimum Gasteiger partial charge on any atom is -0.324 e. The Balaban J connectivity index is 1.88.